The Morgan fingerprint density at radius 1 is 1.67 bits per heavy atom. The highest BCUT2D eigenvalue weighted by molar-refractivity contribution is 7.87. The number of carbonyl (C=O) groups is 1. The van der Waals surface area contributed by atoms with Gasteiger partial charge in [-0.15, -0.1) is 11.6 Å². The number of amides is 1. The molecule has 0 fully saturated rings. The zero-order valence-corrected chi connectivity index (χ0v) is 8.02. The molecule has 0 rings (SSSR count). The Bertz CT molecular complexity index is 250. The van der Waals surface area contributed by atoms with E-state index in [1.807, 2.05) is 0 Å². The summed E-state index contributed by atoms with van der Waals surface area (Å²) in [6, 6.07) is 0. The summed E-state index contributed by atoms with van der Waals surface area (Å²) >= 11 is 5.25. The number of rotatable bonds is 4. The van der Waals surface area contributed by atoms with E-state index in [-0.39, 0.29) is 18.9 Å². The van der Waals surface area contributed by atoms with Crippen LogP contribution in [0.5, 0.6) is 0 Å². The van der Waals surface area contributed by atoms with Crippen LogP contribution in [0.25, 0.3) is 0 Å². The number of nitrogens with one attached hydrogen (secondary N) is 1. The van der Waals surface area contributed by atoms with Gasteiger partial charge in [0, 0.05) is 13.5 Å². The van der Waals surface area contributed by atoms with Crippen LogP contribution in [-0.2, 0) is 14.9 Å². The third-order valence-corrected chi connectivity index (χ3v) is 2.84. The molecule has 0 aliphatic rings. The first-order valence-corrected chi connectivity index (χ1v) is 5.13. The van der Waals surface area contributed by atoms with E-state index < -0.39 is 14.8 Å². The van der Waals surface area contributed by atoms with Crippen molar-refractivity contribution in [2.24, 2.45) is 0 Å². The van der Waals surface area contributed by atoms with Gasteiger partial charge in [0.25, 0.3) is 10.1 Å². The second-order valence-corrected chi connectivity index (χ2v) is 4.58. The zero-order chi connectivity index (χ0) is 9.78. The van der Waals surface area contributed by atoms with Gasteiger partial charge in [-0.3, -0.25) is 9.35 Å². The third-order valence-electron chi connectivity index (χ3n) is 1.07. The van der Waals surface area contributed by atoms with Crippen LogP contribution in [0, 0.1) is 0 Å². The summed E-state index contributed by atoms with van der Waals surface area (Å²) in [6.07, 6.45) is -0.0139. The van der Waals surface area contributed by atoms with Crippen molar-refractivity contribution in [1.82, 2.24) is 5.32 Å². The Kier molecular flexibility index (Phi) is 4.51. The van der Waals surface area contributed by atoms with Crippen LogP contribution < -0.4 is 5.32 Å². The van der Waals surface area contributed by atoms with Gasteiger partial charge in [-0.2, -0.15) is 8.42 Å². The van der Waals surface area contributed by atoms with Crippen LogP contribution in [0.15, 0.2) is 0 Å². The fraction of sp³-hybridized carbons (Fsp3) is 0.800. The summed E-state index contributed by atoms with van der Waals surface area (Å²) < 4.78 is 27.7. The monoisotopic (exact) mass is 215 g/mol. The fourth-order valence-electron chi connectivity index (χ4n) is 0.511. The molecule has 7 heteroatoms. The number of carbonyl (C=O) groups excluding carboxylic acids is 1. The van der Waals surface area contributed by atoms with Gasteiger partial charge in [-0.25, -0.2) is 0 Å². The van der Waals surface area contributed by atoms with E-state index in [9.17, 15) is 13.2 Å². The lowest BCUT2D eigenvalue weighted by Crippen LogP contribution is -2.25. The molecular weight excluding hydrogens is 206 g/mol. The molecule has 0 radical (unpaired) electrons. The van der Waals surface area contributed by atoms with Crippen molar-refractivity contribution in [2.75, 3.05) is 6.54 Å². The van der Waals surface area contributed by atoms with E-state index in [0.29, 0.717) is 0 Å². The zero-order valence-electron chi connectivity index (χ0n) is 6.45. The van der Waals surface area contributed by atoms with Crippen LogP contribution in [0.1, 0.15) is 13.3 Å². The standard InChI is InChI=1S/C5H10ClNO4S/c1-4(8)7-3-2-5(6)12(9,10)11/h5H,2-3H2,1H3,(H,7,8)(H,9,10,11). The number of alkyl halides is 1. The van der Waals surface area contributed by atoms with E-state index in [0.717, 1.165) is 0 Å². The summed E-state index contributed by atoms with van der Waals surface area (Å²) in [4.78, 5) is 10.3. The summed E-state index contributed by atoms with van der Waals surface area (Å²) in [7, 11) is -4.19. The van der Waals surface area contributed by atoms with Crippen molar-refractivity contribution >= 4 is 27.6 Å². The highest BCUT2D eigenvalue weighted by Crippen LogP contribution is 2.07. The van der Waals surface area contributed by atoms with Crippen LogP contribution in [0.3, 0.4) is 0 Å². The highest BCUT2D eigenvalue weighted by atomic mass is 35.5. The molecule has 0 saturated carbocycles. The van der Waals surface area contributed by atoms with Gasteiger partial charge in [0.1, 0.15) is 0 Å². The van der Waals surface area contributed by atoms with Crippen LogP contribution in [-0.4, -0.2) is 30.1 Å². The number of hydrogen-bond acceptors (Lipinski definition) is 3. The highest BCUT2D eigenvalue weighted by Gasteiger charge is 2.18. The minimum atomic E-state index is -4.19. The minimum absolute atomic E-state index is 0.0139. The predicted molar refractivity (Wildman–Crippen MR) is 44.5 cm³/mol. The maximum Gasteiger partial charge on any atom is 0.282 e. The molecule has 0 aromatic carbocycles. The molecule has 0 bridgehead atoms. The molecule has 1 amide bonds. The van der Waals surface area contributed by atoms with E-state index in [2.05, 4.69) is 5.32 Å². The molecule has 0 aliphatic carbocycles. The second kappa shape index (κ2) is 4.64. The van der Waals surface area contributed by atoms with E-state index in [1.165, 1.54) is 6.92 Å². The number of hydrogen-bond donors (Lipinski definition) is 2. The minimum Gasteiger partial charge on any atom is -0.356 e. The van der Waals surface area contributed by atoms with Gasteiger partial charge in [0.2, 0.25) is 5.91 Å². The van der Waals surface area contributed by atoms with E-state index in [1.54, 1.807) is 0 Å². The first kappa shape index (κ1) is 11.7. The lowest BCUT2D eigenvalue weighted by molar-refractivity contribution is -0.118. The Morgan fingerprint density at radius 2 is 2.17 bits per heavy atom. The molecular formula is C5H10ClNO4S. The van der Waals surface area contributed by atoms with Crippen LogP contribution in [0.4, 0.5) is 0 Å². The summed E-state index contributed by atoms with van der Waals surface area (Å²) in [5, 5.41) is 2.35. The average molecular weight is 216 g/mol. The lowest BCUT2D eigenvalue weighted by atomic mass is 10.5. The Morgan fingerprint density at radius 3 is 2.50 bits per heavy atom. The fourth-order valence-corrected chi connectivity index (χ4v) is 1.04. The summed E-state index contributed by atoms with van der Waals surface area (Å²) in [6.45, 7) is 1.43. The second-order valence-electron chi connectivity index (χ2n) is 2.20. The summed E-state index contributed by atoms with van der Waals surface area (Å²) in [5.74, 6) is -0.269. The normalized spacial score (nSPS) is 13.9. The molecule has 1 atom stereocenters. The van der Waals surface area contributed by atoms with Gasteiger partial charge in [0.05, 0.1) is 0 Å². The SMILES string of the molecule is CC(=O)NCCC(Cl)S(=O)(=O)O. The molecule has 1 unspecified atom stereocenters. The average Bonchev–Trinajstić information content (AvgIpc) is 1.84. The lowest BCUT2D eigenvalue weighted by Gasteiger charge is -2.05. The van der Waals surface area contributed by atoms with Gasteiger partial charge in [0.15, 0.2) is 4.71 Å². The number of halogens is 1. The van der Waals surface area contributed by atoms with Crippen LogP contribution >= 0.6 is 11.6 Å². The molecule has 5 nitrogen and oxygen atoms in total. The van der Waals surface area contributed by atoms with Crippen molar-refractivity contribution in [2.45, 2.75) is 18.1 Å². The van der Waals surface area contributed by atoms with Crippen molar-refractivity contribution in [1.29, 1.82) is 0 Å². The molecule has 0 saturated heterocycles. The van der Waals surface area contributed by atoms with Crippen molar-refractivity contribution in [3.05, 3.63) is 0 Å². The van der Waals surface area contributed by atoms with Gasteiger partial charge < -0.3 is 5.32 Å². The molecule has 0 aliphatic heterocycles. The van der Waals surface area contributed by atoms with Crippen molar-refractivity contribution < 1.29 is 17.8 Å². The largest absolute Gasteiger partial charge is 0.356 e. The molecule has 0 spiro atoms. The maximum absolute atomic E-state index is 10.3. The van der Waals surface area contributed by atoms with E-state index >= 15 is 0 Å². The van der Waals surface area contributed by atoms with Gasteiger partial charge in [-0.05, 0) is 6.42 Å². The van der Waals surface area contributed by atoms with Gasteiger partial charge in [-0.1, -0.05) is 0 Å². The molecule has 2 N–H and O–H groups in total. The summed E-state index contributed by atoms with van der Waals surface area (Å²) in [5.41, 5.74) is 0. The topological polar surface area (TPSA) is 83.5 Å². The van der Waals surface area contributed by atoms with Gasteiger partial charge >= 0.3 is 0 Å². The van der Waals surface area contributed by atoms with Crippen molar-refractivity contribution in [3.8, 4) is 0 Å². The van der Waals surface area contributed by atoms with E-state index in [4.69, 9.17) is 16.2 Å². The van der Waals surface area contributed by atoms with Crippen molar-refractivity contribution in [3.63, 3.8) is 0 Å². The third kappa shape index (κ3) is 5.34. The molecule has 0 aromatic heterocycles. The smallest absolute Gasteiger partial charge is 0.282 e. The molecule has 0 aromatic rings. The molecule has 72 valence electrons. The quantitative estimate of drug-likeness (QED) is 0.510. The predicted octanol–water partition coefficient (Wildman–Crippen LogP) is -0.0347. The molecule has 12 heavy (non-hydrogen) atoms. The first-order chi connectivity index (χ1) is 5.34. The first-order valence-electron chi connectivity index (χ1n) is 3.19. The Balaban J connectivity index is 3.73. The maximum atomic E-state index is 10.3. The molecule has 0 heterocycles. The van der Waals surface area contributed by atoms with Crippen LogP contribution in [0.2, 0.25) is 0 Å². The Hall–Kier alpha value is -0.330. The Labute approximate surface area is 75.8 Å².